The Labute approximate surface area is 186 Å². The van der Waals surface area contributed by atoms with Crippen molar-refractivity contribution in [2.24, 2.45) is 0 Å². The van der Waals surface area contributed by atoms with Crippen LogP contribution >= 0.6 is 0 Å². The molecule has 1 aromatic heterocycles. The quantitative estimate of drug-likeness (QED) is 0.715. The number of aryl methyl sites for hydroxylation is 1. The number of Topliss-reactive ketones (excluding diaryl/α,β-unsaturated/α-hetero) is 1. The fraction of sp³-hybridized carbons (Fsp3) is 0.423. The molecule has 0 bridgehead atoms. The third kappa shape index (κ3) is 3.48. The average Bonchev–Trinajstić information content (AvgIpc) is 3.26. The van der Waals surface area contributed by atoms with Crippen LogP contribution in [0, 0.1) is 6.92 Å². The number of allylic oxidation sites excluding steroid dienone is 3. The van der Waals surface area contributed by atoms with Crippen molar-refractivity contribution < 1.29 is 18.7 Å². The van der Waals surface area contributed by atoms with E-state index in [1.54, 1.807) is 12.1 Å². The molecule has 1 aromatic carbocycles. The number of hydrogen-bond acceptors (Lipinski definition) is 6. The summed E-state index contributed by atoms with van der Waals surface area (Å²) in [4.78, 5) is 40.0. The van der Waals surface area contributed by atoms with Crippen LogP contribution in [-0.4, -0.2) is 17.9 Å². The van der Waals surface area contributed by atoms with E-state index in [9.17, 15) is 14.4 Å². The Bertz CT molecular complexity index is 1240. The van der Waals surface area contributed by atoms with Gasteiger partial charge < -0.3 is 14.5 Å². The van der Waals surface area contributed by atoms with E-state index in [4.69, 9.17) is 9.15 Å². The van der Waals surface area contributed by atoms with Crippen molar-refractivity contribution in [3.8, 4) is 0 Å². The molecule has 1 saturated carbocycles. The lowest BCUT2D eigenvalue weighted by Crippen LogP contribution is -2.36. The average molecular weight is 434 g/mol. The number of esters is 1. The van der Waals surface area contributed by atoms with E-state index in [1.807, 2.05) is 19.9 Å². The van der Waals surface area contributed by atoms with Gasteiger partial charge in [0.2, 0.25) is 0 Å². The molecule has 166 valence electrons. The molecule has 2 aliphatic carbocycles. The monoisotopic (exact) mass is 433 g/mol. The zero-order chi connectivity index (χ0) is 22.4. The van der Waals surface area contributed by atoms with E-state index < -0.39 is 11.9 Å². The Morgan fingerprint density at radius 1 is 1.09 bits per heavy atom. The summed E-state index contributed by atoms with van der Waals surface area (Å²) in [5.41, 5.74) is 3.78. The SMILES string of the molecule is CC1=C(C(=O)OC2CCCC2)[C@H](c2coc3ccc(C)cc3c2=O)C2=C(CCCC2=O)N1. The van der Waals surface area contributed by atoms with Gasteiger partial charge in [-0.05, 0) is 64.5 Å². The first kappa shape index (κ1) is 20.7. The number of carbonyl (C=O) groups is 2. The second kappa shape index (κ2) is 8.08. The predicted octanol–water partition coefficient (Wildman–Crippen LogP) is 4.56. The van der Waals surface area contributed by atoms with Gasteiger partial charge >= 0.3 is 5.97 Å². The zero-order valence-electron chi connectivity index (χ0n) is 18.5. The molecule has 0 spiro atoms. The fourth-order valence-electron chi connectivity index (χ4n) is 5.25. The molecule has 0 saturated heterocycles. The van der Waals surface area contributed by atoms with Crippen LogP contribution in [0.15, 0.2) is 56.2 Å². The Hall–Kier alpha value is -3.15. The molecule has 6 heteroatoms. The molecule has 2 heterocycles. The molecule has 0 amide bonds. The number of dihydropyridines is 1. The molecule has 3 aliphatic rings. The minimum atomic E-state index is -0.783. The van der Waals surface area contributed by atoms with Crippen molar-refractivity contribution in [2.45, 2.75) is 70.8 Å². The van der Waals surface area contributed by atoms with Gasteiger partial charge in [-0.3, -0.25) is 9.59 Å². The highest BCUT2D eigenvalue weighted by Crippen LogP contribution is 2.42. The van der Waals surface area contributed by atoms with Gasteiger partial charge in [0.1, 0.15) is 11.7 Å². The number of nitrogens with one attached hydrogen (secondary N) is 1. The molecule has 5 rings (SSSR count). The van der Waals surface area contributed by atoms with Gasteiger partial charge in [0.25, 0.3) is 0 Å². The van der Waals surface area contributed by atoms with Crippen LogP contribution in [0.2, 0.25) is 0 Å². The maximum atomic E-state index is 13.6. The van der Waals surface area contributed by atoms with Gasteiger partial charge in [0.05, 0.1) is 23.1 Å². The number of ether oxygens (including phenoxy) is 1. The van der Waals surface area contributed by atoms with Gasteiger partial charge in [-0.15, -0.1) is 0 Å². The third-order valence-corrected chi connectivity index (χ3v) is 6.84. The molecular weight excluding hydrogens is 406 g/mol. The predicted molar refractivity (Wildman–Crippen MR) is 120 cm³/mol. The smallest absolute Gasteiger partial charge is 0.337 e. The van der Waals surface area contributed by atoms with Gasteiger partial charge in [-0.1, -0.05) is 11.6 Å². The molecule has 0 unspecified atom stereocenters. The van der Waals surface area contributed by atoms with Gasteiger partial charge in [0.15, 0.2) is 11.2 Å². The normalized spacial score (nSPS) is 21.7. The maximum absolute atomic E-state index is 13.6. The highest BCUT2D eigenvalue weighted by atomic mass is 16.5. The van der Waals surface area contributed by atoms with Crippen molar-refractivity contribution in [1.29, 1.82) is 0 Å². The van der Waals surface area contributed by atoms with Crippen LogP contribution in [0.3, 0.4) is 0 Å². The molecule has 32 heavy (non-hydrogen) atoms. The molecule has 6 nitrogen and oxygen atoms in total. The van der Waals surface area contributed by atoms with Crippen LogP contribution in [0.4, 0.5) is 0 Å². The number of hydrogen-bond donors (Lipinski definition) is 1. The first-order chi connectivity index (χ1) is 15.4. The van der Waals surface area contributed by atoms with E-state index in [1.165, 1.54) is 6.26 Å². The lowest BCUT2D eigenvalue weighted by Gasteiger charge is -2.34. The summed E-state index contributed by atoms with van der Waals surface area (Å²) in [6.07, 6.45) is 6.93. The van der Waals surface area contributed by atoms with E-state index in [2.05, 4.69) is 5.32 Å². The largest absolute Gasteiger partial charge is 0.464 e. The highest BCUT2D eigenvalue weighted by Gasteiger charge is 2.41. The minimum absolute atomic E-state index is 0.0360. The fourth-order valence-corrected chi connectivity index (χ4v) is 5.25. The lowest BCUT2D eigenvalue weighted by atomic mass is 9.75. The second-order valence-electron chi connectivity index (χ2n) is 9.10. The van der Waals surface area contributed by atoms with E-state index in [0.29, 0.717) is 46.2 Å². The number of carbonyl (C=O) groups excluding carboxylic acids is 2. The highest BCUT2D eigenvalue weighted by molar-refractivity contribution is 6.04. The van der Waals surface area contributed by atoms with Crippen LogP contribution in [-0.2, 0) is 14.3 Å². The van der Waals surface area contributed by atoms with Crippen molar-refractivity contribution in [2.75, 3.05) is 0 Å². The summed E-state index contributed by atoms with van der Waals surface area (Å²) in [6.45, 7) is 3.73. The Morgan fingerprint density at radius 2 is 1.88 bits per heavy atom. The zero-order valence-corrected chi connectivity index (χ0v) is 18.5. The van der Waals surface area contributed by atoms with E-state index in [-0.39, 0.29) is 17.3 Å². The lowest BCUT2D eigenvalue weighted by molar-refractivity contribution is -0.144. The molecule has 1 atom stereocenters. The van der Waals surface area contributed by atoms with Crippen LogP contribution < -0.4 is 10.7 Å². The number of ketones is 1. The summed E-state index contributed by atoms with van der Waals surface area (Å²) >= 11 is 0. The van der Waals surface area contributed by atoms with E-state index in [0.717, 1.165) is 43.4 Å². The van der Waals surface area contributed by atoms with Crippen molar-refractivity contribution in [3.63, 3.8) is 0 Å². The standard InChI is InChI=1S/C26H27NO5/c1-14-10-11-21-17(12-14)25(29)18(13-31-21)23-22(26(30)32-16-6-3-4-7-16)15(2)27-19-8-5-9-20(28)24(19)23/h10-13,16,23,27H,3-9H2,1-2H3/t23-/m0/s1. The molecule has 1 aliphatic heterocycles. The molecule has 1 fully saturated rings. The van der Waals surface area contributed by atoms with Crippen molar-refractivity contribution in [1.82, 2.24) is 5.32 Å². The van der Waals surface area contributed by atoms with Crippen molar-refractivity contribution >= 4 is 22.7 Å². The van der Waals surface area contributed by atoms with Gasteiger partial charge in [-0.2, -0.15) is 0 Å². The Morgan fingerprint density at radius 3 is 2.66 bits per heavy atom. The molecule has 0 radical (unpaired) electrons. The number of fused-ring (bicyclic) bond motifs is 1. The van der Waals surface area contributed by atoms with Crippen LogP contribution in [0.25, 0.3) is 11.0 Å². The van der Waals surface area contributed by atoms with Crippen LogP contribution in [0.1, 0.15) is 68.9 Å². The van der Waals surface area contributed by atoms with Crippen molar-refractivity contribution in [3.05, 3.63) is 68.4 Å². The minimum Gasteiger partial charge on any atom is -0.464 e. The Balaban J connectivity index is 1.67. The summed E-state index contributed by atoms with van der Waals surface area (Å²) in [7, 11) is 0. The third-order valence-electron chi connectivity index (χ3n) is 6.84. The summed E-state index contributed by atoms with van der Waals surface area (Å²) in [5, 5.41) is 3.73. The summed E-state index contributed by atoms with van der Waals surface area (Å²) < 4.78 is 11.6. The first-order valence-electron chi connectivity index (χ1n) is 11.4. The molecule has 1 N–H and O–H groups in total. The molecular formula is C26H27NO5. The number of benzene rings is 1. The van der Waals surface area contributed by atoms with E-state index >= 15 is 0 Å². The topological polar surface area (TPSA) is 85.6 Å². The Kier molecular flexibility index (Phi) is 5.24. The van der Waals surface area contributed by atoms with Crippen LogP contribution in [0.5, 0.6) is 0 Å². The first-order valence-corrected chi connectivity index (χ1v) is 11.4. The van der Waals surface area contributed by atoms with Gasteiger partial charge in [-0.25, -0.2) is 4.79 Å². The maximum Gasteiger partial charge on any atom is 0.337 e. The molecule has 2 aromatic rings. The van der Waals surface area contributed by atoms with Gasteiger partial charge in [0, 0.05) is 29.0 Å². The summed E-state index contributed by atoms with van der Waals surface area (Å²) in [6, 6.07) is 5.44. The summed E-state index contributed by atoms with van der Waals surface area (Å²) in [5.74, 6) is -1.28. The second-order valence-corrected chi connectivity index (χ2v) is 9.10. The number of rotatable bonds is 3.